The first-order valence-corrected chi connectivity index (χ1v) is 6.66. The molecule has 0 saturated heterocycles. The summed E-state index contributed by atoms with van der Waals surface area (Å²) in [7, 11) is 0. The lowest BCUT2D eigenvalue weighted by molar-refractivity contribution is -0.127. The highest BCUT2D eigenvalue weighted by molar-refractivity contribution is 6.31. The van der Waals surface area contributed by atoms with Gasteiger partial charge in [0, 0.05) is 17.1 Å². The second kappa shape index (κ2) is 7.36. The molecule has 0 saturated carbocycles. The number of aliphatic hydroxyl groups is 1. The molecule has 1 amide bonds. The average Bonchev–Trinajstić information content (AvgIpc) is 2.36. The first-order chi connectivity index (χ1) is 8.95. The third kappa shape index (κ3) is 4.73. The van der Waals surface area contributed by atoms with Crippen LogP contribution in [0.4, 0.5) is 0 Å². The summed E-state index contributed by atoms with van der Waals surface area (Å²) in [4.78, 5) is 11.8. The van der Waals surface area contributed by atoms with Crippen LogP contribution < -0.4 is 10.1 Å². The van der Waals surface area contributed by atoms with E-state index < -0.39 is 6.10 Å². The third-order valence-corrected chi connectivity index (χ3v) is 2.95. The summed E-state index contributed by atoms with van der Waals surface area (Å²) in [6, 6.07) is 5.07. The summed E-state index contributed by atoms with van der Waals surface area (Å²) >= 11 is 5.95. The number of hydrogen-bond acceptors (Lipinski definition) is 3. The summed E-state index contributed by atoms with van der Waals surface area (Å²) in [6.45, 7) is 6.08. The molecule has 0 bridgehead atoms. The second-order valence-corrected chi connectivity index (χ2v) is 5.18. The molecule has 4 nitrogen and oxygen atoms in total. The molecule has 1 atom stereocenters. The number of aliphatic hydroxyl groups excluding tert-OH is 1. The fourth-order valence-corrected chi connectivity index (χ4v) is 1.72. The van der Waals surface area contributed by atoms with Gasteiger partial charge in [-0.15, -0.1) is 0 Å². The highest BCUT2D eigenvalue weighted by Crippen LogP contribution is 2.27. The van der Waals surface area contributed by atoms with Crippen LogP contribution in [-0.2, 0) is 11.4 Å². The van der Waals surface area contributed by atoms with Crippen LogP contribution in [0.1, 0.15) is 26.3 Å². The van der Waals surface area contributed by atoms with Gasteiger partial charge >= 0.3 is 0 Å². The number of halogens is 1. The van der Waals surface area contributed by atoms with Gasteiger partial charge in [-0.3, -0.25) is 4.79 Å². The van der Waals surface area contributed by atoms with E-state index in [1.807, 2.05) is 13.8 Å². The number of nitrogens with one attached hydrogen (secondary N) is 1. The molecule has 1 aromatic carbocycles. The maximum atomic E-state index is 11.8. The van der Waals surface area contributed by atoms with Gasteiger partial charge in [0.25, 0.3) is 5.91 Å². The quantitative estimate of drug-likeness (QED) is 0.844. The van der Waals surface area contributed by atoms with E-state index in [1.165, 1.54) is 0 Å². The molecule has 1 rings (SSSR count). The summed E-state index contributed by atoms with van der Waals surface area (Å²) < 4.78 is 5.55. The minimum atomic E-state index is -0.637. The van der Waals surface area contributed by atoms with E-state index in [2.05, 4.69) is 5.32 Å². The molecule has 1 unspecified atom stereocenters. The molecule has 1 aromatic rings. The first kappa shape index (κ1) is 15.8. The Labute approximate surface area is 118 Å². The fraction of sp³-hybridized carbons (Fsp3) is 0.500. The van der Waals surface area contributed by atoms with Crippen molar-refractivity contribution in [3.8, 4) is 5.75 Å². The van der Waals surface area contributed by atoms with Gasteiger partial charge < -0.3 is 15.2 Å². The molecule has 0 radical (unpaired) electrons. The van der Waals surface area contributed by atoms with Gasteiger partial charge in [-0.05, 0) is 25.0 Å². The Bertz CT molecular complexity index is 435. The lowest BCUT2D eigenvalue weighted by Crippen LogP contribution is -2.38. The van der Waals surface area contributed by atoms with Crippen molar-refractivity contribution in [3.63, 3.8) is 0 Å². The van der Waals surface area contributed by atoms with Gasteiger partial charge in [-0.1, -0.05) is 31.5 Å². The number of benzene rings is 1. The van der Waals surface area contributed by atoms with Crippen molar-refractivity contribution in [3.05, 3.63) is 28.8 Å². The van der Waals surface area contributed by atoms with Gasteiger partial charge in [0.05, 0.1) is 6.61 Å². The van der Waals surface area contributed by atoms with Crippen LogP contribution >= 0.6 is 11.6 Å². The Morgan fingerprint density at radius 3 is 2.68 bits per heavy atom. The van der Waals surface area contributed by atoms with Gasteiger partial charge in [0.2, 0.25) is 0 Å². The molecule has 5 heteroatoms. The van der Waals surface area contributed by atoms with Crippen LogP contribution in [-0.4, -0.2) is 23.7 Å². The topological polar surface area (TPSA) is 58.6 Å². The van der Waals surface area contributed by atoms with Crippen LogP contribution in [0.3, 0.4) is 0 Å². The number of ether oxygens (including phenoxy) is 1. The summed E-state index contributed by atoms with van der Waals surface area (Å²) in [5, 5.41) is 12.5. The smallest absolute Gasteiger partial charge is 0.260 e. The molecule has 106 valence electrons. The predicted octanol–water partition coefficient (Wildman–Crippen LogP) is 2.37. The monoisotopic (exact) mass is 285 g/mol. The highest BCUT2D eigenvalue weighted by Gasteiger charge is 2.17. The molecule has 0 fully saturated rings. The minimum Gasteiger partial charge on any atom is -0.480 e. The van der Waals surface area contributed by atoms with Crippen LogP contribution in [0.25, 0.3) is 0 Å². The molecular weight excluding hydrogens is 266 g/mol. The average molecular weight is 286 g/mol. The van der Waals surface area contributed by atoms with E-state index in [4.69, 9.17) is 16.3 Å². The second-order valence-electron chi connectivity index (χ2n) is 4.77. The van der Waals surface area contributed by atoms with Crippen LogP contribution in [0.5, 0.6) is 5.75 Å². The third-order valence-electron chi connectivity index (χ3n) is 2.59. The van der Waals surface area contributed by atoms with E-state index in [0.29, 0.717) is 28.8 Å². The molecule has 0 heterocycles. The number of carbonyl (C=O) groups is 1. The largest absolute Gasteiger partial charge is 0.480 e. The zero-order valence-electron chi connectivity index (χ0n) is 11.4. The Hall–Kier alpha value is -1.26. The van der Waals surface area contributed by atoms with E-state index in [-0.39, 0.29) is 12.5 Å². The Balaban J connectivity index is 2.69. The van der Waals surface area contributed by atoms with Crippen molar-refractivity contribution < 1.29 is 14.6 Å². The molecule has 2 N–H and O–H groups in total. The number of rotatable bonds is 6. The minimum absolute atomic E-state index is 0.183. The Kier molecular flexibility index (Phi) is 6.12. The number of carbonyl (C=O) groups excluding carboxylic acids is 1. The lowest BCUT2D eigenvalue weighted by atomic mass is 10.2. The normalized spacial score (nSPS) is 12.3. The lowest BCUT2D eigenvalue weighted by Gasteiger charge is -2.17. The summed E-state index contributed by atoms with van der Waals surface area (Å²) in [6.07, 6.45) is -0.637. The zero-order chi connectivity index (χ0) is 14.4. The van der Waals surface area contributed by atoms with Gasteiger partial charge in [0.1, 0.15) is 5.75 Å². The van der Waals surface area contributed by atoms with Crippen LogP contribution in [0, 0.1) is 5.92 Å². The van der Waals surface area contributed by atoms with Crippen LogP contribution in [0.2, 0.25) is 5.02 Å². The fourth-order valence-electron chi connectivity index (χ4n) is 1.50. The molecule has 0 aliphatic heterocycles. The number of amides is 1. The molecule has 0 spiro atoms. The maximum absolute atomic E-state index is 11.8. The highest BCUT2D eigenvalue weighted by atomic mass is 35.5. The van der Waals surface area contributed by atoms with Crippen molar-refractivity contribution in [2.75, 3.05) is 6.54 Å². The zero-order valence-corrected chi connectivity index (χ0v) is 12.2. The van der Waals surface area contributed by atoms with Crippen molar-refractivity contribution >= 4 is 17.5 Å². The van der Waals surface area contributed by atoms with E-state index in [0.717, 1.165) is 0 Å². The predicted molar refractivity (Wildman–Crippen MR) is 75.3 cm³/mol. The summed E-state index contributed by atoms with van der Waals surface area (Å²) in [5.74, 6) is 0.634. The molecule has 19 heavy (non-hydrogen) atoms. The Morgan fingerprint density at radius 2 is 2.11 bits per heavy atom. The van der Waals surface area contributed by atoms with E-state index in [9.17, 15) is 9.90 Å². The van der Waals surface area contributed by atoms with Gasteiger partial charge in [0.15, 0.2) is 6.10 Å². The molecular formula is C14H20ClNO3. The Morgan fingerprint density at radius 1 is 1.42 bits per heavy atom. The molecule has 0 aliphatic carbocycles. The van der Waals surface area contributed by atoms with E-state index >= 15 is 0 Å². The first-order valence-electron chi connectivity index (χ1n) is 6.28. The number of hydrogen-bond donors (Lipinski definition) is 2. The molecule has 0 aliphatic rings. The van der Waals surface area contributed by atoms with Crippen molar-refractivity contribution in [1.82, 2.24) is 5.32 Å². The maximum Gasteiger partial charge on any atom is 0.260 e. The van der Waals surface area contributed by atoms with E-state index in [1.54, 1.807) is 25.1 Å². The SMILES string of the molecule is CC(C)CNC(=O)C(C)Oc1cccc(Cl)c1CO. The molecule has 0 aromatic heterocycles. The summed E-state index contributed by atoms with van der Waals surface area (Å²) in [5.41, 5.74) is 0.493. The van der Waals surface area contributed by atoms with Crippen molar-refractivity contribution in [2.45, 2.75) is 33.5 Å². The van der Waals surface area contributed by atoms with Gasteiger partial charge in [-0.2, -0.15) is 0 Å². The van der Waals surface area contributed by atoms with Crippen molar-refractivity contribution in [2.24, 2.45) is 5.92 Å². The van der Waals surface area contributed by atoms with Crippen LogP contribution in [0.15, 0.2) is 18.2 Å². The van der Waals surface area contributed by atoms with Gasteiger partial charge in [-0.25, -0.2) is 0 Å². The standard InChI is InChI=1S/C14H20ClNO3/c1-9(2)7-16-14(18)10(3)19-13-6-4-5-12(15)11(13)8-17/h4-6,9-10,17H,7-8H2,1-3H3,(H,16,18). The van der Waals surface area contributed by atoms with Crippen molar-refractivity contribution in [1.29, 1.82) is 0 Å².